The van der Waals surface area contributed by atoms with E-state index in [1.807, 2.05) is 32.0 Å². The van der Waals surface area contributed by atoms with Gasteiger partial charge in [-0.25, -0.2) is 0 Å². The van der Waals surface area contributed by atoms with Gasteiger partial charge in [-0.05, 0) is 31.0 Å². The lowest BCUT2D eigenvalue weighted by molar-refractivity contribution is -0.120. The Hall–Kier alpha value is -1.36. The number of guanidine groups is 1. The zero-order valence-corrected chi connectivity index (χ0v) is 11.3. The van der Waals surface area contributed by atoms with Gasteiger partial charge in [-0.3, -0.25) is 15.1 Å². The summed E-state index contributed by atoms with van der Waals surface area (Å²) in [6.45, 7) is 4.58. The first-order chi connectivity index (χ1) is 8.11. The summed E-state index contributed by atoms with van der Waals surface area (Å²) in [5, 5.41) is 5.80. The zero-order chi connectivity index (χ0) is 12.4. The van der Waals surface area contributed by atoms with Gasteiger partial charge in [-0.15, -0.1) is 0 Å². The minimum absolute atomic E-state index is 0.0566. The first-order valence-electron chi connectivity index (χ1n) is 5.49. The van der Waals surface area contributed by atoms with Crippen LogP contribution in [0.3, 0.4) is 0 Å². The molecule has 0 aliphatic carbocycles. The van der Waals surface area contributed by atoms with E-state index in [1.165, 1.54) is 0 Å². The molecule has 0 spiro atoms. The van der Waals surface area contributed by atoms with Crippen LogP contribution < -0.4 is 10.6 Å². The second-order valence-electron chi connectivity index (χ2n) is 3.90. The molecule has 1 aromatic carbocycles. The molecule has 90 valence electrons. The van der Waals surface area contributed by atoms with Gasteiger partial charge in [-0.1, -0.05) is 28.1 Å². The molecular formula is C12H14BrN3O. The number of hydrogen-bond acceptors (Lipinski definition) is 2. The SMILES string of the molecule is CCN=C1NC(=O)C(c2ccc(Br)c(C)c2)N1. The third-order valence-electron chi connectivity index (χ3n) is 2.62. The quantitative estimate of drug-likeness (QED) is 0.875. The summed E-state index contributed by atoms with van der Waals surface area (Å²) in [4.78, 5) is 15.9. The third-order valence-corrected chi connectivity index (χ3v) is 3.51. The van der Waals surface area contributed by atoms with E-state index >= 15 is 0 Å². The number of nitrogens with zero attached hydrogens (tertiary/aromatic N) is 1. The highest BCUT2D eigenvalue weighted by Crippen LogP contribution is 2.22. The minimum atomic E-state index is -0.341. The molecule has 1 heterocycles. The minimum Gasteiger partial charge on any atom is -0.340 e. The van der Waals surface area contributed by atoms with E-state index < -0.39 is 0 Å². The number of benzene rings is 1. The number of nitrogens with one attached hydrogen (secondary N) is 2. The van der Waals surface area contributed by atoms with Gasteiger partial charge >= 0.3 is 0 Å². The Bertz CT molecular complexity index is 485. The van der Waals surface area contributed by atoms with Crippen molar-refractivity contribution < 1.29 is 4.79 Å². The van der Waals surface area contributed by atoms with Gasteiger partial charge < -0.3 is 5.32 Å². The summed E-state index contributed by atoms with van der Waals surface area (Å²) >= 11 is 3.45. The van der Waals surface area contributed by atoms with Crippen molar-refractivity contribution in [1.82, 2.24) is 10.6 Å². The summed E-state index contributed by atoms with van der Waals surface area (Å²) < 4.78 is 1.04. The first-order valence-corrected chi connectivity index (χ1v) is 6.29. The Labute approximate surface area is 109 Å². The van der Waals surface area contributed by atoms with Gasteiger partial charge in [0.1, 0.15) is 6.04 Å². The zero-order valence-electron chi connectivity index (χ0n) is 9.75. The molecular weight excluding hydrogens is 282 g/mol. The summed E-state index contributed by atoms with van der Waals surface area (Å²) in [6.07, 6.45) is 0. The van der Waals surface area contributed by atoms with Crippen LogP contribution in [0.15, 0.2) is 27.7 Å². The van der Waals surface area contributed by atoms with Gasteiger partial charge in [0.15, 0.2) is 5.96 Å². The fourth-order valence-electron chi connectivity index (χ4n) is 1.75. The van der Waals surface area contributed by atoms with Gasteiger partial charge in [0, 0.05) is 11.0 Å². The predicted molar refractivity (Wildman–Crippen MR) is 70.9 cm³/mol. The molecule has 1 aliphatic rings. The van der Waals surface area contributed by atoms with E-state index in [1.54, 1.807) is 0 Å². The Morgan fingerprint density at radius 1 is 1.47 bits per heavy atom. The molecule has 0 bridgehead atoms. The van der Waals surface area contributed by atoms with Crippen molar-refractivity contribution in [3.8, 4) is 0 Å². The highest BCUT2D eigenvalue weighted by atomic mass is 79.9. The van der Waals surface area contributed by atoms with Crippen molar-refractivity contribution in [2.24, 2.45) is 4.99 Å². The van der Waals surface area contributed by atoms with E-state index in [2.05, 4.69) is 31.6 Å². The lowest BCUT2D eigenvalue weighted by atomic mass is 10.0. The molecule has 1 aliphatic heterocycles. The number of amides is 1. The fourth-order valence-corrected chi connectivity index (χ4v) is 2.00. The highest BCUT2D eigenvalue weighted by Gasteiger charge is 2.29. The number of aliphatic imine (C=N–C) groups is 1. The summed E-state index contributed by atoms with van der Waals surface area (Å²) in [6, 6.07) is 5.54. The van der Waals surface area contributed by atoms with E-state index in [-0.39, 0.29) is 11.9 Å². The van der Waals surface area contributed by atoms with Gasteiger partial charge in [0.2, 0.25) is 0 Å². The summed E-state index contributed by atoms with van der Waals surface area (Å²) in [5.41, 5.74) is 2.06. The predicted octanol–water partition coefficient (Wildman–Crippen LogP) is 1.89. The molecule has 0 saturated carbocycles. The molecule has 1 amide bonds. The molecule has 2 N–H and O–H groups in total. The van der Waals surface area contributed by atoms with Crippen molar-refractivity contribution in [2.75, 3.05) is 6.54 Å². The fraction of sp³-hybridized carbons (Fsp3) is 0.333. The van der Waals surface area contributed by atoms with Crippen LogP contribution in [0, 0.1) is 6.92 Å². The second-order valence-corrected chi connectivity index (χ2v) is 4.75. The number of carbonyl (C=O) groups excluding carboxylic acids is 1. The van der Waals surface area contributed by atoms with Crippen LogP contribution in [0.4, 0.5) is 0 Å². The van der Waals surface area contributed by atoms with Crippen molar-refractivity contribution in [3.05, 3.63) is 33.8 Å². The Morgan fingerprint density at radius 3 is 2.88 bits per heavy atom. The molecule has 5 heteroatoms. The second kappa shape index (κ2) is 4.87. The van der Waals surface area contributed by atoms with Gasteiger partial charge in [-0.2, -0.15) is 0 Å². The average molecular weight is 296 g/mol. The van der Waals surface area contributed by atoms with Crippen molar-refractivity contribution >= 4 is 27.8 Å². The molecule has 1 saturated heterocycles. The van der Waals surface area contributed by atoms with Gasteiger partial charge in [0.25, 0.3) is 5.91 Å². The third kappa shape index (κ3) is 2.49. The van der Waals surface area contributed by atoms with Crippen molar-refractivity contribution in [1.29, 1.82) is 0 Å². The van der Waals surface area contributed by atoms with Crippen LogP contribution in [0.25, 0.3) is 0 Å². The molecule has 0 radical (unpaired) electrons. The smallest absolute Gasteiger partial charge is 0.253 e. The van der Waals surface area contributed by atoms with Crippen LogP contribution >= 0.6 is 15.9 Å². The Kier molecular flexibility index (Phi) is 3.47. The normalized spacial score (nSPS) is 21.5. The molecule has 1 aromatic rings. The number of hydrogen-bond donors (Lipinski definition) is 2. The maximum absolute atomic E-state index is 11.8. The topological polar surface area (TPSA) is 53.5 Å². The van der Waals surface area contributed by atoms with E-state index in [0.717, 1.165) is 15.6 Å². The molecule has 1 unspecified atom stereocenters. The van der Waals surface area contributed by atoms with Crippen LogP contribution in [0.1, 0.15) is 24.1 Å². The van der Waals surface area contributed by atoms with Crippen LogP contribution in [-0.4, -0.2) is 18.4 Å². The first kappa shape index (κ1) is 12.1. The maximum atomic E-state index is 11.8. The Morgan fingerprint density at radius 2 is 2.24 bits per heavy atom. The summed E-state index contributed by atoms with van der Waals surface area (Å²) in [5.74, 6) is 0.502. The number of halogens is 1. The lowest BCUT2D eigenvalue weighted by Crippen LogP contribution is -2.25. The lowest BCUT2D eigenvalue weighted by Gasteiger charge is -2.09. The molecule has 17 heavy (non-hydrogen) atoms. The van der Waals surface area contributed by atoms with E-state index in [0.29, 0.717) is 12.5 Å². The molecule has 0 aromatic heterocycles. The van der Waals surface area contributed by atoms with Crippen LogP contribution in [0.2, 0.25) is 0 Å². The van der Waals surface area contributed by atoms with Gasteiger partial charge in [0.05, 0.1) is 0 Å². The maximum Gasteiger partial charge on any atom is 0.253 e. The molecule has 4 nitrogen and oxygen atoms in total. The highest BCUT2D eigenvalue weighted by molar-refractivity contribution is 9.10. The van der Waals surface area contributed by atoms with E-state index in [9.17, 15) is 4.79 Å². The van der Waals surface area contributed by atoms with Crippen LogP contribution in [-0.2, 0) is 4.79 Å². The monoisotopic (exact) mass is 295 g/mol. The van der Waals surface area contributed by atoms with Crippen molar-refractivity contribution in [3.63, 3.8) is 0 Å². The number of rotatable bonds is 2. The molecule has 2 rings (SSSR count). The summed E-state index contributed by atoms with van der Waals surface area (Å²) in [7, 11) is 0. The average Bonchev–Trinajstić information content (AvgIpc) is 2.64. The Balaban J connectivity index is 2.26. The standard InChI is InChI=1S/C12H14BrN3O/c1-3-14-12-15-10(11(17)16-12)8-4-5-9(13)7(2)6-8/h4-6,10H,3H2,1-2H3,(H2,14,15,16,17). The number of aryl methyl sites for hydroxylation is 1. The number of carbonyl (C=O) groups is 1. The largest absolute Gasteiger partial charge is 0.340 e. The van der Waals surface area contributed by atoms with Crippen molar-refractivity contribution in [2.45, 2.75) is 19.9 Å². The van der Waals surface area contributed by atoms with Crippen LogP contribution in [0.5, 0.6) is 0 Å². The van der Waals surface area contributed by atoms with E-state index in [4.69, 9.17) is 0 Å². The molecule has 1 atom stereocenters. The molecule has 1 fully saturated rings.